The summed E-state index contributed by atoms with van der Waals surface area (Å²) in [5, 5.41) is 8.70. The molecule has 1 atom stereocenters. The van der Waals surface area contributed by atoms with Gasteiger partial charge in [-0.1, -0.05) is 105 Å². The SMILES string of the molecule is CC/C=C\C/C=C\C/C=C\C/C=C\C/C=C\CC(=O)OC(/C=C\C/C=C\CC)/C=C\CCCCCC(=O)O. The first-order valence-corrected chi connectivity index (χ1v) is 14.2. The molecular weight excluding hydrogens is 472 g/mol. The lowest BCUT2D eigenvalue weighted by atomic mass is 10.1. The van der Waals surface area contributed by atoms with Crippen molar-refractivity contribution in [2.24, 2.45) is 0 Å². The highest BCUT2D eigenvalue weighted by Crippen LogP contribution is 2.07. The molecule has 0 heterocycles. The number of hydrogen-bond acceptors (Lipinski definition) is 3. The van der Waals surface area contributed by atoms with Crippen LogP contribution in [-0.2, 0) is 14.3 Å². The van der Waals surface area contributed by atoms with Gasteiger partial charge in [-0.25, -0.2) is 0 Å². The molecule has 38 heavy (non-hydrogen) atoms. The van der Waals surface area contributed by atoms with Crippen LogP contribution < -0.4 is 0 Å². The lowest BCUT2D eigenvalue weighted by Crippen LogP contribution is -2.13. The number of allylic oxidation sites excluding steroid dienone is 13. The Morgan fingerprint density at radius 2 is 1.08 bits per heavy atom. The van der Waals surface area contributed by atoms with Crippen molar-refractivity contribution in [1.29, 1.82) is 0 Å². The number of hydrogen-bond donors (Lipinski definition) is 1. The summed E-state index contributed by atoms with van der Waals surface area (Å²) in [5.41, 5.74) is 0. The van der Waals surface area contributed by atoms with Crippen molar-refractivity contribution in [3.63, 3.8) is 0 Å². The molecule has 4 heteroatoms. The second-order valence-electron chi connectivity index (χ2n) is 8.83. The molecule has 0 aromatic rings. The molecule has 0 spiro atoms. The minimum atomic E-state index is -0.748. The molecule has 0 saturated heterocycles. The van der Waals surface area contributed by atoms with Crippen molar-refractivity contribution in [3.05, 3.63) is 97.2 Å². The van der Waals surface area contributed by atoms with Crippen LogP contribution in [-0.4, -0.2) is 23.1 Å². The maximum Gasteiger partial charge on any atom is 0.310 e. The number of esters is 1. The fourth-order valence-electron chi connectivity index (χ4n) is 3.27. The van der Waals surface area contributed by atoms with Crippen LogP contribution in [0.2, 0.25) is 0 Å². The third-order valence-corrected chi connectivity index (χ3v) is 5.30. The van der Waals surface area contributed by atoms with Gasteiger partial charge in [-0.3, -0.25) is 9.59 Å². The number of aliphatic carboxylic acids is 1. The molecule has 1 unspecified atom stereocenters. The number of carboxylic acids is 1. The fourth-order valence-corrected chi connectivity index (χ4v) is 3.27. The Balaban J connectivity index is 4.32. The minimum absolute atomic E-state index is 0.216. The van der Waals surface area contributed by atoms with Crippen LogP contribution in [0.15, 0.2) is 97.2 Å². The van der Waals surface area contributed by atoms with Crippen molar-refractivity contribution < 1.29 is 19.4 Å². The highest BCUT2D eigenvalue weighted by Gasteiger charge is 2.06. The van der Waals surface area contributed by atoms with E-state index in [1.807, 2.05) is 36.5 Å². The maximum absolute atomic E-state index is 12.3. The number of carbonyl (C=O) groups excluding carboxylic acids is 1. The van der Waals surface area contributed by atoms with Crippen LogP contribution in [0, 0.1) is 0 Å². The standard InChI is InChI=1S/C34H50O4/c1-3-5-7-9-10-11-12-13-14-15-16-17-18-23-27-31-34(37)38-32(28-24-20-8-6-4-2)29-25-21-19-22-26-30-33(35)36/h5-8,10-11,13-14,16-17,23-25,27-29,32H,3-4,9,12,15,18-22,26,30-31H2,1-2H3,(H,35,36)/b7-5-,8-6-,11-10-,14-13-,17-16-,27-23-,28-24-,29-25-. The maximum atomic E-state index is 12.3. The van der Waals surface area contributed by atoms with E-state index in [0.717, 1.165) is 64.2 Å². The van der Waals surface area contributed by atoms with Gasteiger partial charge in [0, 0.05) is 6.42 Å². The number of carbonyl (C=O) groups is 2. The topological polar surface area (TPSA) is 63.6 Å². The summed E-state index contributed by atoms with van der Waals surface area (Å²) < 4.78 is 5.63. The zero-order valence-corrected chi connectivity index (χ0v) is 23.7. The smallest absolute Gasteiger partial charge is 0.310 e. The molecule has 1 N–H and O–H groups in total. The molecule has 0 rings (SSSR count). The van der Waals surface area contributed by atoms with E-state index in [-0.39, 0.29) is 24.9 Å². The second-order valence-corrected chi connectivity index (χ2v) is 8.83. The molecule has 0 aliphatic carbocycles. The van der Waals surface area contributed by atoms with Crippen molar-refractivity contribution in [3.8, 4) is 0 Å². The Labute approximate surface area is 231 Å². The molecular formula is C34H50O4. The summed E-state index contributed by atoms with van der Waals surface area (Å²) in [6.07, 6.45) is 43.2. The van der Waals surface area contributed by atoms with Crippen LogP contribution in [0.5, 0.6) is 0 Å². The van der Waals surface area contributed by atoms with Gasteiger partial charge in [0.1, 0.15) is 6.10 Å². The number of carboxylic acid groups (broad SMARTS) is 1. The predicted octanol–water partition coefficient (Wildman–Crippen LogP) is 9.54. The Hall–Kier alpha value is -3.14. The van der Waals surface area contributed by atoms with Crippen molar-refractivity contribution in [1.82, 2.24) is 0 Å². The van der Waals surface area contributed by atoms with Gasteiger partial charge < -0.3 is 9.84 Å². The molecule has 0 radical (unpaired) electrons. The third-order valence-electron chi connectivity index (χ3n) is 5.30. The van der Waals surface area contributed by atoms with Crippen LogP contribution in [0.1, 0.15) is 97.3 Å². The lowest BCUT2D eigenvalue weighted by Gasteiger charge is -2.09. The van der Waals surface area contributed by atoms with Gasteiger partial charge in [-0.15, -0.1) is 0 Å². The van der Waals surface area contributed by atoms with E-state index in [0.29, 0.717) is 6.42 Å². The number of rotatable bonds is 23. The Bertz CT molecular complexity index is 821. The van der Waals surface area contributed by atoms with E-state index < -0.39 is 5.97 Å². The summed E-state index contributed by atoms with van der Waals surface area (Å²) in [6.45, 7) is 4.24. The monoisotopic (exact) mass is 522 g/mol. The summed E-state index contributed by atoms with van der Waals surface area (Å²) >= 11 is 0. The van der Waals surface area contributed by atoms with Gasteiger partial charge >= 0.3 is 11.9 Å². The lowest BCUT2D eigenvalue weighted by molar-refractivity contribution is -0.144. The van der Waals surface area contributed by atoms with E-state index in [4.69, 9.17) is 9.84 Å². The Morgan fingerprint density at radius 3 is 1.61 bits per heavy atom. The van der Waals surface area contributed by atoms with Crippen molar-refractivity contribution >= 4 is 11.9 Å². The van der Waals surface area contributed by atoms with Gasteiger partial charge in [-0.2, -0.15) is 0 Å². The van der Waals surface area contributed by atoms with Gasteiger partial charge in [0.2, 0.25) is 0 Å². The summed E-state index contributed by atoms with van der Waals surface area (Å²) in [5.74, 6) is -1.00. The highest BCUT2D eigenvalue weighted by molar-refractivity contribution is 5.71. The normalized spacial score (nSPS) is 13.7. The molecule has 0 amide bonds. The molecule has 0 saturated carbocycles. The minimum Gasteiger partial charge on any atom is -0.481 e. The average Bonchev–Trinajstić information content (AvgIpc) is 2.89. The largest absolute Gasteiger partial charge is 0.481 e. The highest BCUT2D eigenvalue weighted by atomic mass is 16.5. The quantitative estimate of drug-likeness (QED) is 0.0824. The zero-order valence-electron chi connectivity index (χ0n) is 23.7. The van der Waals surface area contributed by atoms with E-state index in [1.54, 1.807) is 0 Å². The van der Waals surface area contributed by atoms with Crippen molar-refractivity contribution in [2.75, 3.05) is 0 Å². The molecule has 0 fully saturated rings. The molecule has 0 aromatic heterocycles. The molecule has 210 valence electrons. The first kappa shape index (κ1) is 34.9. The number of unbranched alkanes of at least 4 members (excludes halogenated alkanes) is 3. The Kier molecular flexibility index (Phi) is 26.1. The van der Waals surface area contributed by atoms with E-state index in [2.05, 4.69) is 74.6 Å². The second kappa shape index (κ2) is 28.4. The fraction of sp³-hybridized carbons (Fsp3) is 0.471. The first-order chi connectivity index (χ1) is 18.6. The third kappa shape index (κ3) is 27.4. The zero-order chi connectivity index (χ0) is 27.9. The van der Waals surface area contributed by atoms with E-state index in [9.17, 15) is 9.59 Å². The molecule has 4 nitrogen and oxygen atoms in total. The molecule has 0 bridgehead atoms. The number of ether oxygens (including phenoxy) is 1. The van der Waals surface area contributed by atoms with Gasteiger partial charge in [0.15, 0.2) is 0 Å². The summed E-state index contributed by atoms with van der Waals surface area (Å²) in [6, 6.07) is 0. The van der Waals surface area contributed by atoms with E-state index >= 15 is 0 Å². The molecule has 0 aromatic carbocycles. The van der Waals surface area contributed by atoms with Gasteiger partial charge in [0.25, 0.3) is 0 Å². The van der Waals surface area contributed by atoms with Crippen LogP contribution >= 0.6 is 0 Å². The van der Waals surface area contributed by atoms with Crippen LogP contribution in [0.3, 0.4) is 0 Å². The Morgan fingerprint density at radius 1 is 0.605 bits per heavy atom. The van der Waals surface area contributed by atoms with Gasteiger partial charge in [-0.05, 0) is 76.4 Å². The van der Waals surface area contributed by atoms with Crippen molar-refractivity contribution in [2.45, 2.75) is 103 Å². The first-order valence-electron chi connectivity index (χ1n) is 14.2. The predicted molar refractivity (Wildman–Crippen MR) is 162 cm³/mol. The average molecular weight is 523 g/mol. The van der Waals surface area contributed by atoms with Crippen LogP contribution in [0.25, 0.3) is 0 Å². The van der Waals surface area contributed by atoms with Gasteiger partial charge in [0.05, 0.1) is 6.42 Å². The van der Waals surface area contributed by atoms with E-state index in [1.165, 1.54) is 0 Å². The summed E-state index contributed by atoms with van der Waals surface area (Å²) in [4.78, 5) is 22.9. The molecule has 0 aliphatic rings. The van der Waals surface area contributed by atoms with Crippen LogP contribution in [0.4, 0.5) is 0 Å². The molecule has 0 aliphatic heterocycles. The summed E-state index contributed by atoms with van der Waals surface area (Å²) in [7, 11) is 0.